The summed E-state index contributed by atoms with van der Waals surface area (Å²) in [6, 6.07) is 5.76. The molecule has 0 unspecified atom stereocenters. The van der Waals surface area contributed by atoms with Crippen LogP contribution >= 0.6 is 22.7 Å². The van der Waals surface area contributed by atoms with Crippen molar-refractivity contribution >= 4 is 28.6 Å². The molecule has 2 rings (SSSR count). The molecular weight excluding hydrogens is 266 g/mol. The summed E-state index contributed by atoms with van der Waals surface area (Å²) < 4.78 is 0. The number of nitrogens with one attached hydrogen (secondary N) is 1. The first-order valence-electron chi connectivity index (χ1n) is 5.74. The highest BCUT2D eigenvalue weighted by atomic mass is 32.1. The predicted molar refractivity (Wildman–Crippen MR) is 75.3 cm³/mol. The van der Waals surface area contributed by atoms with Crippen molar-refractivity contribution in [3.8, 4) is 0 Å². The molecule has 2 aromatic heterocycles. The van der Waals surface area contributed by atoms with Crippen molar-refractivity contribution < 1.29 is 9.90 Å². The van der Waals surface area contributed by atoms with Gasteiger partial charge in [-0.3, -0.25) is 4.79 Å². The van der Waals surface area contributed by atoms with Crippen LogP contribution in [0.15, 0.2) is 29.0 Å². The lowest BCUT2D eigenvalue weighted by atomic mass is 10.3. The van der Waals surface area contributed by atoms with E-state index < -0.39 is 6.10 Å². The second-order valence-electron chi connectivity index (χ2n) is 4.00. The van der Waals surface area contributed by atoms with E-state index in [0.29, 0.717) is 6.54 Å². The van der Waals surface area contributed by atoms with Crippen LogP contribution in [-0.2, 0) is 6.42 Å². The Labute approximate surface area is 114 Å². The number of amides is 1. The normalized spacial score (nSPS) is 12.3. The standard InChI is InChI=1S/C13H15NO2S2/c1-9(15)12-3-2-11(18-12)4-6-14-13(16)10-5-7-17-8-10/h2-3,5,7-9,15H,4,6H2,1H3,(H,14,16)/t9-/m1/s1. The van der Waals surface area contributed by atoms with Crippen molar-refractivity contribution in [2.24, 2.45) is 0 Å². The van der Waals surface area contributed by atoms with E-state index in [0.717, 1.165) is 16.9 Å². The highest BCUT2D eigenvalue weighted by Crippen LogP contribution is 2.22. The number of rotatable bonds is 5. The van der Waals surface area contributed by atoms with Gasteiger partial charge >= 0.3 is 0 Å². The number of carbonyl (C=O) groups excluding carboxylic acids is 1. The summed E-state index contributed by atoms with van der Waals surface area (Å²) in [5.74, 6) is -0.0245. The van der Waals surface area contributed by atoms with Crippen LogP contribution in [0.1, 0.15) is 33.1 Å². The number of hydrogen-bond acceptors (Lipinski definition) is 4. The van der Waals surface area contributed by atoms with E-state index in [9.17, 15) is 9.90 Å². The second-order valence-corrected chi connectivity index (χ2v) is 5.98. The topological polar surface area (TPSA) is 49.3 Å². The van der Waals surface area contributed by atoms with Crippen LogP contribution in [0, 0.1) is 0 Å². The van der Waals surface area contributed by atoms with Gasteiger partial charge in [0.2, 0.25) is 0 Å². The van der Waals surface area contributed by atoms with Gasteiger partial charge in [-0.25, -0.2) is 0 Å². The Morgan fingerprint density at radius 2 is 2.28 bits per heavy atom. The Balaban J connectivity index is 1.79. The van der Waals surface area contributed by atoms with Crippen molar-refractivity contribution in [2.75, 3.05) is 6.54 Å². The van der Waals surface area contributed by atoms with Gasteiger partial charge in [-0.05, 0) is 36.9 Å². The quantitative estimate of drug-likeness (QED) is 0.885. The predicted octanol–water partition coefficient (Wildman–Crippen LogP) is 2.84. The van der Waals surface area contributed by atoms with Gasteiger partial charge in [0.15, 0.2) is 0 Å². The fourth-order valence-electron chi connectivity index (χ4n) is 1.55. The van der Waals surface area contributed by atoms with E-state index >= 15 is 0 Å². The molecule has 0 aromatic carbocycles. The van der Waals surface area contributed by atoms with E-state index in [-0.39, 0.29) is 5.91 Å². The molecule has 18 heavy (non-hydrogen) atoms. The summed E-state index contributed by atoms with van der Waals surface area (Å²) in [6.07, 6.45) is 0.386. The van der Waals surface area contributed by atoms with Gasteiger partial charge in [0.1, 0.15) is 0 Å². The zero-order chi connectivity index (χ0) is 13.0. The van der Waals surface area contributed by atoms with Crippen LogP contribution in [0.25, 0.3) is 0 Å². The molecule has 0 aliphatic heterocycles. The van der Waals surface area contributed by atoms with Gasteiger partial charge in [0, 0.05) is 27.2 Å². The lowest BCUT2D eigenvalue weighted by molar-refractivity contribution is 0.0954. The molecule has 2 heterocycles. The van der Waals surface area contributed by atoms with Gasteiger partial charge in [0.05, 0.1) is 6.10 Å². The number of hydrogen-bond donors (Lipinski definition) is 2. The van der Waals surface area contributed by atoms with E-state index in [1.165, 1.54) is 16.2 Å². The average Bonchev–Trinajstić information content (AvgIpc) is 3.00. The van der Waals surface area contributed by atoms with Gasteiger partial charge in [-0.1, -0.05) is 0 Å². The molecule has 0 saturated heterocycles. The number of aliphatic hydroxyl groups excluding tert-OH is 1. The average molecular weight is 281 g/mol. The summed E-state index contributed by atoms with van der Waals surface area (Å²) in [5.41, 5.74) is 0.718. The molecule has 0 spiro atoms. The SMILES string of the molecule is C[C@@H](O)c1ccc(CCNC(=O)c2ccsc2)s1. The third kappa shape index (κ3) is 3.41. The molecule has 0 bridgehead atoms. The monoisotopic (exact) mass is 281 g/mol. The molecule has 0 fully saturated rings. The number of aliphatic hydroxyl groups is 1. The van der Waals surface area contributed by atoms with Crippen LogP contribution in [-0.4, -0.2) is 17.6 Å². The molecule has 2 aromatic rings. The van der Waals surface area contributed by atoms with Crippen LogP contribution in [0.4, 0.5) is 0 Å². The van der Waals surface area contributed by atoms with Crippen molar-refractivity contribution in [2.45, 2.75) is 19.4 Å². The summed E-state index contributed by atoms with van der Waals surface area (Å²) in [4.78, 5) is 13.8. The zero-order valence-corrected chi connectivity index (χ0v) is 11.7. The summed E-state index contributed by atoms with van der Waals surface area (Å²) >= 11 is 3.11. The maximum absolute atomic E-state index is 11.7. The minimum atomic E-state index is -0.413. The third-order valence-corrected chi connectivity index (χ3v) is 4.53. The molecule has 3 nitrogen and oxygen atoms in total. The molecule has 5 heteroatoms. The number of carbonyl (C=O) groups is 1. The third-order valence-electron chi connectivity index (χ3n) is 2.53. The van der Waals surface area contributed by atoms with E-state index in [2.05, 4.69) is 5.32 Å². The summed E-state index contributed by atoms with van der Waals surface area (Å²) in [7, 11) is 0. The first-order valence-corrected chi connectivity index (χ1v) is 7.50. The lowest BCUT2D eigenvalue weighted by Gasteiger charge is -2.02. The van der Waals surface area contributed by atoms with Gasteiger partial charge in [-0.2, -0.15) is 11.3 Å². The molecule has 0 radical (unpaired) electrons. The molecule has 2 N–H and O–H groups in total. The van der Waals surface area contributed by atoms with E-state index in [1.807, 2.05) is 29.0 Å². The zero-order valence-electron chi connectivity index (χ0n) is 10.1. The maximum Gasteiger partial charge on any atom is 0.252 e. The fourth-order valence-corrected chi connectivity index (χ4v) is 3.13. The Morgan fingerprint density at radius 3 is 2.89 bits per heavy atom. The second kappa shape index (κ2) is 6.13. The van der Waals surface area contributed by atoms with Crippen LogP contribution in [0.5, 0.6) is 0 Å². The fraction of sp³-hybridized carbons (Fsp3) is 0.308. The highest BCUT2D eigenvalue weighted by Gasteiger charge is 2.07. The largest absolute Gasteiger partial charge is 0.388 e. The molecule has 0 saturated carbocycles. The van der Waals surface area contributed by atoms with Gasteiger partial charge < -0.3 is 10.4 Å². The Kier molecular flexibility index (Phi) is 4.52. The minimum Gasteiger partial charge on any atom is -0.388 e. The minimum absolute atomic E-state index is 0.0245. The Bertz CT molecular complexity index is 503. The van der Waals surface area contributed by atoms with Gasteiger partial charge in [-0.15, -0.1) is 11.3 Å². The number of thiophene rings is 2. The summed E-state index contributed by atoms with van der Waals surface area (Å²) in [6.45, 7) is 2.38. The van der Waals surface area contributed by atoms with Crippen molar-refractivity contribution in [3.63, 3.8) is 0 Å². The summed E-state index contributed by atoms with van der Waals surface area (Å²) in [5, 5.41) is 16.0. The lowest BCUT2D eigenvalue weighted by Crippen LogP contribution is -2.24. The smallest absolute Gasteiger partial charge is 0.252 e. The molecule has 1 atom stereocenters. The first kappa shape index (κ1) is 13.3. The van der Waals surface area contributed by atoms with Crippen molar-refractivity contribution in [1.29, 1.82) is 0 Å². The van der Waals surface area contributed by atoms with Crippen LogP contribution < -0.4 is 5.32 Å². The molecule has 0 aliphatic rings. The Morgan fingerprint density at radius 1 is 1.44 bits per heavy atom. The van der Waals surface area contributed by atoms with E-state index in [4.69, 9.17) is 0 Å². The molecule has 1 amide bonds. The van der Waals surface area contributed by atoms with Crippen LogP contribution in [0.2, 0.25) is 0 Å². The Hall–Kier alpha value is -1.17. The van der Waals surface area contributed by atoms with Crippen molar-refractivity contribution in [3.05, 3.63) is 44.3 Å². The van der Waals surface area contributed by atoms with Gasteiger partial charge in [0.25, 0.3) is 5.91 Å². The van der Waals surface area contributed by atoms with Crippen molar-refractivity contribution in [1.82, 2.24) is 5.32 Å². The molecule has 96 valence electrons. The van der Waals surface area contributed by atoms with Crippen LogP contribution in [0.3, 0.4) is 0 Å². The highest BCUT2D eigenvalue weighted by molar-refractivity contribution is 7.12. The molecular formula is C13H15NO2S2. The molecule has 0 aliphatic carbocycles. The maximum atomic E-state index is 11.7. The first-order chi connectivity index (χ1) is 8.66. The van der Waals surface area contributed by atoms with E-state index in [1.54, 1.807) is 18.3 Å².